The van der Waals surface area contributed by atoms with E-state index in [1.165, 1.54) is 0 Å². The number of aryl methyl sites for hydroxylation is 1. The van der Waals surface area contributed by atoms with Crippen LogP contribution in [0, 0.1) is 6.92 Å². The van der Waals surface area contributed by atoms with Crippen LogP contribution in [0.3, 0.4) is 0 Å². The zero-order chi connectivity index (χ0) is 23.1. The third kappa shape index (κ3) is 6.55. The normalized spacial score (nSPS) is 13.0. The molecule has 0 saturated carbocycles. The number of rotatable bonds is 6. The third-order valence-electron chi connectivity index (χ3n) is 5.02. The largest absolute Gasteiger partial charge is 0.444 e. The first-order valence-electron chi connectivity index (χ1n) is 11.0. The predicted molar refractivity (Wildman–Crippen MR) is 131 cm³/mol. The molecule has 1 N–H and O–H groups in total. The number of benzene rings is 3. The minimum atomic E-state index is -0.576. The Labute approximate surface area is 191 Å². The molecule has 0 radical (unpaired) electrons. The quantitative estimate of drug-likeness (QED) is 0.456. The van der Waals surface area contributed by atoms with Crippen LogP contribution in [0.2, 0.25) is 0 Å². The second-order valence-corrected chi connectivity index (χ2v) is 8.98. The van der Waals surface area contributed by atoms with E-state index in [1.807, 2.05) is 95.3 Å². The Morgan fingerprint density at radius 3 is 1.81 bits per heavy atom. The van der Waals surface area contributed by atoms with E-state index >= 15 is 0 Å². The van der Waals surface area contributed by atoms with Gasteiger partial charge in [0.25, 0.3) is 0 Å². The molecule has 0 heterocycles. The summed E-state index contributed by atoms with van der Waals surface area (Å²) in [6.07, 6.45) is -0.453. The molecule has 32 heavy (non-hydrogen) atoms. The van der Waals surface area contributed by atoms with Crippen molar-refractivity contribution in [3.8, 4) is 0 Å². The standard InChI is InChI=1S/C28H32N2O2/c1-20-16-18-24(19-17-20)25(30-27(31)32-28(3,4)5)21(2)29-26(22-12-8-6-9-13-22)23-14-10-7-11-15-23/h6-19,21,25H,1-5H3,(H,30,31). The van der Waals surface area contributed by atoms with Gasteiger partial charge >= 0.3 is 6.09 Å². The molecule has 3 rings (SSSR count). The molecule has 0 aliphatic heterocycles. The summed E-state index contributed by atoms with van der Waals surface area (Å²) >= 11 is 0. The minimum absolute atomic E-state index is 0.236. The summed E-state index contributed by atoms with van der Waals surface area (Å²) in [5.74, 6) is 0. The molecule has 2 unspecified atom stereocenters. The van der Waals surface area contributed by atoms with Crippen LogP contribution in [-0.4, -0.2) is 23.4 Å². The number of amides is 1. The van der Waals surface area contributed by atoms with Gasteiger partial charge in [0.1, 0.15) is 5.60 Å². The van der Waals surface area contributed by atoms with E-state index in [1.54, 1.807) is 0 Å². The Kier molecular flexibility index (Phi) is 7.47. The maximum atomic E-state index is 12.7. The van der Waals surface area contributed by atoms with E-state index in [0.29, 0.717) is 0 Å². The Morgan fingerprint density at radius 2 is 1.34 bits per heavy atom. The lowest BCUT2D eigenvalue weighted by molar-refractivity contribution is 0.0497. The molecule has 2 atom stereocenters. The number of hydrogen-bond donors (Lipinski definition) is 1. The van der Waals surface area contributed by atoms with Crippen molar-refractivity contribution in [3.63, 3.8) is 0 Å². The highest BCUT2D eigenvalue weighted by Crippen LogP contribution is 2.23. The molecule has 4 heteroatoms. The van der Waals surface area contributed by atoms with Gasteiger partial charge in [0.15, 0.2) is 0 Å². The lowest BCUT2D eigenvalue weighted by Gasteiger charge is -2.27. The van der Waals surface area contributed by atoms with Crippen LogP contribution in [0.25, 0.3) is 0 Å². The zero-order valence-electron chi connectivity index (χ0n) is 19.5. The van der Waals surface area contributed by atoms with Gasteiger partial charge in [-0.2, -0.15) is 0 Å². The average Bonchev–Trinajstić information content (AvgIpc) is 2.76. The second kappa shape index (κ2) is 10.3. The van der Waals surface area contributed by atoms with Crippen molar-refractivity contribution in [3.05, 3.63) is 107 Å². The molecule has 3 aromatic carbocycles. The Morgan fingerprint density at radius 1 is 0.844 bits per heavy atom. The predicted octanol–water partition coefficient (Wildman–Crippen LogP) is 6.49. The fraction of sp³-hybridized carbons (Fsp3) is 0.286. The number of alkyl carbamates (subject to hydrolysis) is 1. The van der Waals surface area contributed by atoms with Gasteiger partial charge in [-0.3, -0.25) is 4.99 Å². The molecule has 0 bridgehead atoms. The number of hydrogen-bond acceptors (Lipinski definition) is 3. The second-order valence-electron chi connectivity index (χ2n) is 8.98. The lowest BCUT2D eigenvalue weighted by Crippen LogP contribution is -2.38. The molecule has 0 spiro atoms. The molecule has 1 amide bonds. The molecular formula is C28H32N2O2. The summed E-state index contributed by atoms with van der Waals surface area (Å²) in [5, 5.41) is 3.05. The number of ether oxygens (including phenoxy) is 1. The topological polar surface area (TPSA) is 50.7 Å². The van der Waals surface area contributed by atoms with E-state index in [0.717, 1.165) is 28.0 Å². The van der Waals surface area contributed by atoms with Crippen LogP contribution in [0.15, 0.2) is 89.9 Å². The smallest absolute Gasteiger partial charge is 0.408 e. The average molecular weight is 429 g/mol. The molecular weight excluding hydrogens is 396 g/mol. The highest BCUT2D eigenvalue weighted by molar-refractivity contribution is 6.13. The van der Waals surface area contributed by atoms with Crippen molar-refractivity contribution in [2.24, 2.45) is 4.99 Å². The lowest BCUT2D eigenvalue weighted by atomic mass is 9.97. The molecule has 0 aromatic heterocycles. The van der Waals surface area contributed by atoms with Crippen LogP contribution in [0.4, 0.5) is 4.79 Å². The first kappa shape index (κ1) is 23.3. The van der Waals surface area contributed by atoms with Gasteiger partial charge < -0.3 is 10.1 Å². The summed E-state index contributed by atoms with van der Waals surface area (Å²) in [4.78, 5) is 17.8. The maximum Gasteiger partial charge on any atom is 0.408 e. The summed E-state index contributed by atoms with van der Waals surface area (Å²) < 4.78 is 5.54. The van der Waals surface area contributed by atoms with E-state index in [9.17, 15) is 4.79 Å². The van der Waals surface area contributed by atoms with Crippen LogP contribution in [0.5, 0.6) is 0 Å². The number of aliphatic imine (C=N–C) groups is 1. The zero-order valence-corrected chi connectivity index (χ0v) is 19.5. The molecule has 0 fully saturated rings. The molecule has 0 aliphatic carbocycles. The summed E-state index contributed by atoms with van der Waals surface area (Å²) in [7, 11) is 0. The molecule has 0 saturated heterocycles. The van der Waals surface area contributed by atoms with Crippen molar-refractivity contribution < 1.29 is 9.53 Å². The minimum Gasteiger partial charge on any atom is -0.444 e. The Hall–Kier alpha value is -3.40. The number of carbonyl (C=O) groups excluding carboxylic acids is 1. The van der Waals surface area contributed by atoms with Crippen molar-refractivity contribution in [1.82, 2.24) is 5.32 Å². The Balaban J connectivity index is 2.00. The van der Waals surface area contributed by atoms with Crippen LogP contribution in [-0.2, 0) is 4.74 Å². The van der Waals surface area contributed by atoms with Gasteiger partial charge in [0.05, 0.1) is 17.8 Å². The number of nitrogens with zero attached hydrogens (tertiary/aromatic N) is 1. The molecule has 0 aliphatic rings. The highest BCUT2D eigenvalue weighted by atomic mass is 16.6. The number of carbonyl (C=O) groups is 1. The van der Waals surface area contributed by atoms with Gasteiger partial charge in [0, 0.05) is 11.1 Å². The van der Waals surface area contributed by atoms with Gasteiger partial charge in [-0.25, -0.2) is 4.79 Å². The molecule has 4 nitrogen and oxygen atoms in total. The summed E-state index contributed by atoms with van der Waals surface area (Å²) in [6, 6.07) is 27.8. The van der Waals surface area contributed by atoms with Crippen molar-refractivity contribution in [2.75, 3.05) is 0 Å². The van der Waals surface area contributed by atoms with E-state index in [-0.39, 0.29) is 12.1 Å². The van der Waals surface area contributed by atoms with Crippen LogP contribution >= 0.6 is 0 Å². The first-order chi connectivity index (χ1) is 15.2. The van der Waals surface area contributed by atoms with Gasteiger partial charge in [-0.15, -0.1) is 0 Å². The van der Waals surface area contributed by atoms with Gasteiger partial charge in [-0.1, -0.05) is 90.5 Å². The Bertz CT molecular complexity index is 995. The fourth-order valence-corrected chi connectivity index (χ4v) is 3.48. The monoisotopic (exact) mass is 428 g/mol. The summed E-state index contributed by atoms with van der Waals surface area (Å²) in [5.41, 5.74) is 4.53. The van der Waals surface area contributed by atoms with Crippen LogP contribution in [0.1, 0.15) is 56.0 Å². The molecule has 166 valence electrons. The van der Waals surface area contributed by atoms with E-state index in [4.69, 9.17) is 9.73 Å². The maximum absolute atomic E-state index is 12.7. The van der Waals surface area contributed by atoms with Gasteiger partial charge in [0.2, 0.25) is 0 Å². The van der Waals surface area contributed by atoms with Gasteiger partial charge in [-0.05, 0) is 40.2 Å². The summed E-state index contributed by atoms with van der Waals surface area (Å²) in [6.45, 7) is 9.65. The number of nitrogens with one attached hydrogen (secondary N) is 1. The van der Waals surface area contributed by atoms with Crippen molar-refractivity contribution in [1.29, 1.82) is 0 Å². The fourth-order valence-electron chi connectivity index (χ4n) is 3.48. The van der Waals surface area contributed by atoms with Crippen molar-refractivity contribution in [2.45, 2.75) is 52.3 Å². The first-order valence-corrected chi connectivity index (χ1v) is 11.0. The highest BCUT2D eigenvalue weighted by Gasteiger charge is 2.25. The molecule has 3 aromatic rings. The van der Waals surface area contributed by atoms with Crippen molar-refractivity contribution >= 4 is 11.8 Å². The van der Waals surface area contributed by atoms with E-state index in [2.05, 4.69) is 29.6 Å². The van der Waals surface area contributed by atoms with E-state index < -0.39 is 11.7 Å². The third-order valence-corrected chi connectivity index (χ3v) is 5.02. The SMILES string of the molecule is Cc1ccc(C(NC(=O)OC(C)(C)C)C(C)N=C(c2ccccc2)c2ccccc2)cc1. The van der Waals surface area contributed by atoms with Crippen LogP contribution < -0.4 is 5.32 Å².